The van der Waals surface area contributed by atoms with Crippen LogP contribution in [0.1, 0.15) is 24.5 Å². The summed E-state index contributed by atoms with van der Waals surface area (Å²) in [5.74, 6) is 1.57. The topological polar surface area (TPSA) is 43.4 Å². The van der Waals surface area contributed by atoms with E-state index < -0.39 is 0 Å². The summed E-state index contributed by atoms with van der Waals surface area (Å²) in [6.07, 6.45) is 4.56. The highest BCUT2D eigenvalue weighted by Crippen LogP contribution is 2.36. The standard InChI is InChI=1S/C17H21BrN2O2/c1-3-10-22-17-14(15(18)4-5-16(17)21-2)12-20-11-13-6-8-19-9-7-13/h4-9,20H,3,10-12H2,1-2H3. The Balaban J connectivity index is 2.10. The largest absolute Gasteiger partial charge is 0.493 e. The molecule has 0 atom stereocenters. The van der Waals surface area contributed by atoms with Crippen LogP contribution in [0.25, 0.3) is 0 Å². The van der Waals surface area contributed by atoms with Crippen LogP contribution in [0, 0.1) is 0 Å². The second kappa shape index (κ2) is 8.76. The molecule has 0 aliphatic rings. The van der Waals surface area contributed by atoms with Gasteiger partial charge >= 0.3 is 0 Å². The van der Waals surface area contributed by atoms with E-state index in [1.54, 1.807) is 19.5 Å². The SMILES string of the molecule is CCCOc1c(OC)ccc(Br)c1CNCc1ccncc1. The molecule has 4 nitrogen and oxygen atoms in total. The molecule has 2 rings (SSSR count). The Hall–Kier alpha value is -1.59. The van der Waals surface area contributed by atoms with Gasteiger partial charge in [-0.3, -0.25) is 4.98 Å². The lowest BCUT2D eigenvalue weighted by molar-refractivity contribution is 0.290. The van der Waals surface area contributed by atoms with Crippen LogP contribution in [-0.4, -0.2) is 18.7 Å². The smallest absolute Gasteiger partial charge is 0.166 e. The lowest BCUT2D eigenvalue weighted by Gasteiger charge is -2.17. The Labute approximate surface area is 140 Å². The predicted molar refractivity (Wildman–Crippen MR) is 91.3 cm³/mol. The Morgan fingerprint density at radius 2 is 1.91 bits per heavy atom. The fourth-order valence-electron chi connectivity index (χ4n) is 2.10. The molecule has 0 saturated carbocycles. The first-order valence-corrected chi connectivity index (χ1v) is 8.13. The van der Waals surface area contributed by atoms with Crippen molar-refractivity contribution < 1.29 is 9.47 Å². The highest BCUT2D eigenvalue weighted by Gasteiger charge is 2.14. The number of ether oxygens (including phenoxy) is 2. The number of nitrogens with zero attached hydrogens (tertiary/aromatic N) is 1. The normalized spacial score (nSPS) is 10.5. The molecule has 0 bridgehead atoms. The molecule has 118 valence electrons. The molecule has 1 aromatic carbocycles. The van der Waals surface area contributed by atoms with Crippen LogP contribution in [0.2, 0.25) is 0 Å². The van der Waals surface area contributed by atoms with Gasteiger partial charge in [0.1, 0.15) is 0 Å². The van der Waals surface area contributed by atoms with Gasteiger partial charge in [0.25, 0.3) is 0 Å². The zero-order valence-corrected chi connectivity index (χ0v) is 14.5. The molecule has 1 heterocycles. The first-order chi connectivity index (χ1) is 10.8. The van der Waals surface area contributed by atoms with E-state index in [9.17, 15) is 0 Å². The molecule has 0 aliphatic heterocycles. The second-order valence-corrected chi connectivity index (χ2v) is 5.72. The average molecular weight is 365 g/mol. The van der Waals surface area contributed by atoms with Crippen molar-refractivity contribution in [2.45, 2.75) is 26.4 Å². The Kier molecular flexibility index (Phi) is 6.68. The van der Waals surface area contributed by atoms with E-state index >= 15 is 0 Å². The van der Waals surface area contributed by atoms with E-state index in [0.29, 0.717) is 13.2 Å². The minimum Gasteiger partial charge on any atom is -0.493 e. The maximum Gasteiger partial charge on any atom is 0.166 e. The molecule has 2 aromatic rings. The first-order valence-electron chi connectivity index (χ1n) is 7.34. The van der Waals surface area contributed by atoms with Crippen LogP contribution >= 0.6 is 15.9 Å². The van der Waals surface area contributed by atoms with Crippen molar-refractivity contribution in [3.8, 4) is 11.5 Å². The second-order valence-electron chi connectivity index (χ2n) is 4.86. The summed E-state index contributed by atoms with van der Waals surface area (Å²) in [5, 5.41) is 3.43. The third kappa shape index (κ3) is 4.45. The van der Waals surface area contributed by atoms with Gasteiger partial charge in [-0.15, -0.1) is 0 Å². The third-order valence-electron chi connectivity index (χ3n) is 3.22. The fourth-order valence-corrected chi connectivity index (χ4v) is 2.56. The fraction of sp³-hybridized carbons (Fsp3) is 0.353. The zero-order valence-electron chi connectivity index (χ0n) is 12.9. The monoisotopic (exact) mass is 364 g/mol. The number of aromatic nitrogens is 1. The molecule has 22 heavy (non-hydrogen) atoms. The van der Waals surface area contributed by atoms with Crippen LogP contribution in [0.3, 0.4) is 0 Å². The van der Waals surface area contributed by atoms with Crippen LogP contribution < -0.4 is 14.8 Å². The summed E-state index contributed by atoms with van der Waals surface area (Å²) in [7, 11) is 1.66. The lowest BCUT2D eigenvalue weighted by atomic mass is 10.1. The predicted octanol–water partition coefficient (Wildman–Crippen LogP) is 3.93. The van der Waals surface area contributed by atoms with E-state index in [2.05, 4.69) is 33.2 Å². The van der Waals surface area contributed by atoms with Gasteiger partial charge < -0.3 is 14.8 Å². The van der Waals surface area contributed by atoms with Gasteiger partial charge in [-0.2, -0.15) is 0 Å². The number of pyridine rings is 1. The molecular formula is C17H21BrN2O2. The van der Waals surface area contributed by atoms with Crippen molar-refractivity contribution in [1.82, 2.24) is 10.3 Å². The molecule has 0 spiro atoms. The van der Waals surface area contributed by atoms with Gasteiger partial charge in [0.05, 0.1) is 13.7 Å². The molecule has 0 saturated heterocycles. The Morgan fingerprint density at radius 3 is 2.59 bits per heavy atom. The van der Waals surface area contributed by atoms with Crippen molar-refractivity contribution >= 4 is 15.9 Å². The molecule has 1 N–H and O–H groups in total. The molecule has 0 radical (unpaired) electrons. The van der Waals surface area contributed by atoms with Crippen molar-refractivity contribution in [3.63, 3.8) is 0 Å². The van der Waals surface area contributed by atoms with E-state index in [-0.39, 0.29) is 0 Å². The quantitative estimate of drug-likeness (QED) is 0.770. The highest BCUT2D eigenvalue weighted by atomic mass is 79.9. The molecule has 0 unspecified atom stereocenters. The molecular weight excluding hydrogens is 344 g/mol. The number of benzene rings is 1. The number of methoxy groups -OCH3 is 1. The van der Waals surface area contributed by atoms with Gasteiger partial charge in [0, 0.05) is 35.5 Å². The Bertz CT molecular complexity index is 591. The minimum absolute atomic E-state index is 0.671. The average Bonchev–Trinajstić information content (AvgIpc) is 2.56. The Morgan fingerprint density at radius 1 is 1.14 bits per heavy atom. The number of rotatable bonds is 8. The van der Waals surface area contributed by atoms with Crippen molar-refractivity contribution in [1.29, 1.82) is 0 Å². The number of halogens is 1. The van der Waals surface area contributed by atoms with Gasteiger partial charge in [-0.05, 0) is 36.2 Å². The maximum atomic E-state index is 5.89. The number of hydrogen-bond acceptors (Lipinski definition) is 4. The molecule has 0 amide bonds. The lowest BCUT2D eigenvalue weighted by Crippen LogP contribution is -2.14. The van der Waals surface area contributed by atoms with Crippen LogP contribution in [0.4, 0.5) is 0 Å². The summed E-state index contributed by atoms with van der Waals surface area (Å²) in [6.45, 7) is 4.23. The first kappa shape index (κ1) is 16.8. The van der Waals surface area contributed by atoms with Crippen LogP contribution in [0.5, 0.6) is 11.5 Å². The molecule has 1 aromatic heterocycles. The summed E-state index contributed by atoms with van der Waals surface area (Å²) < 4.78 is 12.3. The van der Waals surface area contributed by atoms with E-state index in [4.69, 9.17) is 9.47 Å². The summed E-state index contributed by atoms with van der Waals surface area (Å²) in [4.78, 5) is 4.02. The highest BCUT2D eigenvalue weighted by molar-refractivity contribution is 9.10. The van der Waals surface area contributed by atoms with E-state index in [1.165, 1.54) is 5.56 Å². The van der Waals surface area contributed by atoms with Crippen molar-refractivity contribution in [2.75, 3.05) is 13.7 Å². The van der Waals surface area contributed by atoms with Crippen LogP contribution in [0.15, 0.2) is 41.1 Å². The van der Waals surface area contributed by atoms with Gasteiger partial charge in [-0.1, -0.05) is 22.9 Å². The number of hydrogen-bond donors (Lipinski definition) is 1. The summed E-state index contributed by atoms with van der Waals surface area (Å²) in [6, 6.07) is 7.91. The van der Waals surface area contributed by atoms with E-state index in [0.717, 1.165) is 34.5 Å². The zero-order chi connectivity index (χ0) is 15.8. The summed E-state index contributed by atoms with van der Waals surface area (Å²) in [5.41, 5.74) is 2.27. The van der Waals surface area contributed by atoms with Gasteiger partial charge in [0.2, 0.25) is 0 Å². The van der Waals surface area contributed by atoms with E-state index in [1.807, 2.05) is 24.3 Å². The summed E-state index contributed by atoms with van der Waals surface area (Å²) >= 11 is 3.60. The molecule has 5 heteroatoms. The van der Waals surface area contributed by atoms with Crippen molar-refractivity contribution in [2.24, 2.45) is 0 Å². The molecule has 0 aliphatic carbocycles. The number of nitrogens with one attached hydrogen (secondary N) is 1. The maximum absolute atomic E-state index is 5.89. The van der Waals surface area contributed by atoms with Crippen molar-refractivity contribution in [3.05, 3.63) is 52.3 Å². The minimum atomic E-state index is 0.671. The van der Waals surface area contributed by atoms with Gasteiger partial charge in [-0.25, -0.2) is 0 Å². The van der Waals surface area contributed by atoms with Crippen LogP contribution in [-0.2, 0) is 13.1 Å². The third-order valence-corrected chi connectivity index (χ3v) is 3.96. The molecule has 0 fully saturated rings. The van der Waals surface area contributed by atoms with Gasteiger partial charge in [0.15, 0.2) is 11.5 Å².